The highest BCUT2D eigenvalue weighted by Crippen LogP contribution is 2.15. The van der Waals surface area contributed by atoms with E-state index in [1.165, 1.54) is 4.57 Å². The third-order valence-electron chi connectivity index (χ3n) is 4.47. The number of esters is 1. The molecule has 0 fully saturated rings. The molecular weight excluding hydrogens is 451 g/mol. The summed E-state index contributed by atoms with van der Waals surface area (Å²) in [7, 11) is 0. The largest absolute Gasteiger partial charge is 0.457 e. The van der Waals surface area contributed by atoms with Gasteiger partial charge >= 0.3 is 23.9 Å². The monoisotopic (exact) mass is 477 g/mol. The number of hydrogen-bond donors (Lipinski definition) is 2. The van der Waals surface area contributed by atoms with Crippen molar-refractivity contribution in [2.45, 2.75) is 65.4 Å². The van der Waals surface area contributed by atoms with Gasteiger partial charge in [0, 0.05) is 19.6 Å². The molecule has 2 N–H and O–H groups in total. The number of nitrogens with one attached hydrogen (secondary N) is 2. The Balaban J connectivity index is 2.07. The smallest absolute Gasteiger partial charge is 0.422 e. The fourth-order valence-corrected chi connectivity index (χ4v) is 3.00. The molecule has 11 nitrogen and oxygen atoms in total. The van der Waals surface area contributed by atoms with Crippen molar-refractivity contribution in [3.8, 4) is 0 Å². The van der Waals surface area contributed by atoms with Crippen LogP contribution in [0.4, 0.5) is 18.0 Å². The third kappa shape index (κ3) is 7.36. The van der Waals surface area contributed by atoms with Crippen LogP contribution in [0.3, 0.4) is 0 Å². The highest BCUT2D eigenvalue weighted by molar-refractivity contribution is 5.72. The first-order chi connectivity index (χ1) is 15.6. The van der Waals surface area contributed by atoms with Gasteiger partial charge in [0.05, 0.1) is 6.42 Å². The zero-order valence-corrected chi connectivity index (χ0v) is 18.3. The number of alkyl halides is 3. The summed E-state index contributed by atoms with van der Waals surface area (Å²) in [6.45, 7) is 2.27. The molecule has 0 aliphatic rings. The summed E-state index contributed by atoms with van der Waals surface area (Å²) in [6, 6.07) is 0. The molecule has 0 bridgehead atoms. The van der Waals surface area contributed by atoms with Crippen LogP contribution in [0.1, 0.15) is 45.4 Å². The van der Waals surface area contributed by atoms with Crippen molar-refractivity contribution in [2.75, 3.05) is 13.2 Å². The minimum Gasteiger partial charge on any atom is -0.457 e. The number of aryl methyl sites for hydroxylation is 2. The minimum atomic E-state index is -4.65. The number of ether oxygens (including phenoxy) is 2. The van der Waals surface area contributed by atoms with E-state index in [1.54, 1.807) is 4.57 Å². The maximum absolute atomic E-state index is 12.4. The van der Waals surface area contributed by atoms with Crippen molar-refractivity contribution < 1.29 is 32.2 Å². The van der Waals surface area contributed by atoms with Gasteiger partial charge in [-0.15, -0.1) is 0 Å². The van der Waals surface area contributed by atoms with Crippen LogP contribution >= 0.6 is 0 Å². The summed E-state index contributed by atoms with van der Waals surface area (Å²) in [5, 5.41) is 2.01. The Labute approximate surface area is 185 Å². The number of imidazole rings is 1. The Hall–Kier alpha value is -3.32. The van der Waals surface area contributed by atoms with Crippen molar-refractivity contribution >= 4 is 23.2 Å². The lowest BCUT2D eigenvalue weighted by atomic mass is 10.3. The topological polar surface area (TPSA) is 137 Å². The second-order valence-electron chi connectivity index (χ2n) is 7.15. The fourth-order valence-electron chi connectivity index (χ4n) is 3.00. The zero-order chi connectivity index (χ0) is 24.6. The number of hydrogen-bond acceptors (Lipinski definition) is 7. The van der Waals surface area contributed by atoms with Crippen molar-refractivity contribution in [2.24, 2.45) is 0 Å². The van der Waals surface area contributed by atoms with E-state index in [1.807, 2.05) is 19.2 Å². The van der Waals surface area contributed by atoms with Gasteiger partial charge in [0.1, 0.15) is 12.4 Å². The van der Waals surface area contributed by atoms with Crippen LogP contribution in [0.15, 0.2) is 9.59 Å². The van der Waals surface area contributed by atoms with E-state index in [9.17, 15) is 32.3 Å². The summed E-state index contributed by atoms with van der Waals surface area (Å²) in [5.41, 5.74) is -0.768. The second kappa shape index (κ2) is 11.5. The molecule has 0 aliphatic heterocycles. The van der Waals surface area contributed by atoms with Crippen molar-refractivity contribution in [3.05, 3.63) is 26.7 Å². The molecular formula is C19H26F3N5O6. The van der Waals surface area contributed by atoms with Crippen LogP contribution in [0.25, 0.3) is 11.2 Å². The summed E-state index contributed by atoms with van der Waals surface area (Å²) in [5.74, 6) is -0.488. The SMILES string of the molecule is CCCCn1c(=O)[nH]c(=O)c2c1nc(COC(=O)CCNC(=O)OCC(F)(F)F)n2CCC. The van der Waals surface area contributed by atoms with E-state index in [4.69, 9.17) is 4.74 Å². The molecule has 33 heavy (non-hydrogen) atoms. The van der Waals surface area contributed by atoms with Gasteiger partial charge in [-0.1, -0.05) is 20.3 Å². The van der Waals surface area contributed by atoms with Gasteiger partial charge in [0.15, 0.2) is 17.8 Å². The van der Waals surface area contributed by atoms with E-state index >= 15 is 0 Å². The third-order valence-corrected chi connectivity index (χ3v) is 4.47. The number of carbonyl (C=O) groups excluding carboxylic acids is 2. The Bertz CT molecular complexity index is 1090. The van der Waals surface area contributed by atoms with Crippen molar-refractivity contribution in [3.63, 3.8) is 0 Å². The Morgan fingerprint density at radius 3 is 2.45 bits per heavy atom. The van der Waals surface area contributed by atoms with Crippen LogP contribution in [-0.4, -0.2) is 50.5 Å². The molecule has 2 rings (SSSR count). The summed E-state index contributed by atoms with van der Waals surface area (Å²) in [6.07, 6.45) is -4.12. The number of halogens is 3. The average Bonchev–Trinajstić information content (AvgIpc) is 3.09. The number of fused-ring (bicyclic) bond motifs is 1. The van der Waals surface area contributed by atoms with Gasteiger partial charge < -0.3 is 19.4 Å². The number of aromatic nitrogens is 4. The van der Waals surface area contributed by atoms with Crippen LogP contribution < -0.4 is 16.6 Å². The first-order valence-corrected chi connectivity index (χ1v) is 10.4. The molecule has 0 saturated heterocycles. The van der Waals surface area contributed by atoms with Gasteiger partial charge in [0.2, 0.25) is 0 Å². The molecule has 0 atom stereocenters. The van der Waals surface area contributed by atoms with Gasteiger partial charge in [-0.25, -0.2) is 14.6 Å². The van der Waals surface area contributed by atoms with Crippen LogP contribution in [0.2, 0.25) is 0 Å². The maximum Gasteiger partial charge on any atom is 0.422 e. The molecule has 0 radical (unpaired) electrons. The van der Waals surface area contributed by atoms with E-state index in [0.29, 0.717) is 25.9 Å². The van der Waals surface area contributed by atoms with Gasteiger partial charge in [-0.2, -0.15) is 13.2 Å². The second-order valence-corrected chi connectivity index (χ2v) is 7.15. The van der Waals surface area contributed by atoms with E-state index < -0.39 is 36.1 Å². The lowest BCUT2D eigenvalue weighted by Crippen LogP contribution is -2.31. The first-order valence-electron chi connectivity index (χ1n) is 10.4. The van der Waals surface area contributed by atoms with Gasteiger partial charge in [-0.3, -0.25) is 19.1 Å². The minimum absolute atomic E-state index is 0.200. The number of rotatable bonds is 11. The predicted octanol–water partition coefficient (Wildman–Crippen LogP) is 1.82. The summed E-state index contributed by atoms with van der Waals surface area (Å²) >= 11 is 0. The highest BCUT2D eigenvalue weighted by atomic mass is 19.4. The molecule has 2 heterocycles. The van der Waals surface area contributed by atoms with Gasteiger partial charge in [0.25, 0.3) is 5.56 Å². The Kier molecular flexibility index (Phi) is 9.05. The predicted molar refractivity (Wildman–Crippen MR) is 110 cm³/mol. The normalized spacial score (nSPS) is 11.5. The molecule has 1 amide bonds. The van der Waals surface area contributed by atoms with Gasteiger partial charge in [-0.05, 0) is 12.8 Å². The van der Waals surface area contributed by atoms with Crippen LogP contribution in [-0.2, 0) is 34.0 Å². The number of carbonyl (C=O) groups is 2. The van der Waals surface area contributed by atoms with E-state index in [0.717, 1.165) is 6.42 Å². The van der Waals surface area contributed by atoms with Crippen molar-refractivity contribution in [1.82, 2.24) is 24.4 Å². The average molecular weight is 477 g/mol. The Morgan fingerprint density at radius 1 is 1.09 bits per heavy atom. The van der Waals surface area contributed by atoms with Crippen molar-refractivity contribution in [1.29, 1.82) is 0 Å². The summed E-state index contributed by atoms with van der Waals surface area (Å²) in [4.78, 5) is 54.5. The zero-order valence-electron chi connectivity index (χ0n) is 18.3. The molecule has 0 spiro atoms. The first kappa shape index (κ1) is 25.9. The molecule has 184 valence electrons. The van der Waals surface area contributed by atoms with Crippen LogP contribution in [0.5, 0.6) is 0 Å². The molecule has 0 saturated carbocycles. The van der Waals surface area contributed by atoms with E-state index in [-0.39, 0.29) is 36.6 Å². The van der Waals surface area contributed by atoms with Crippen LogP contribution in [0, 0.1) is 0 Å². The maximum atomic E-state index is 12.4. The molecule has 2 aromatic rings. The molecule has 0 aromatic carbocycles. The van der Waals surface area contributed by atoms with E-state index in [2.05, 4.69) is 14.7 Å². The number of alkyl carbamates (subject to hydrolysis) is 1. The number of unbranched alkanes of at least 4 members (excludes halogenated alkanes) is 1. The standard InChI is InChI=1S/C19H26F3N5O6/c1-3-5-9-27-15-14(16(29)25-17(27)30)26(8-4-2)12(24-15)10-32-13(28)6-7-23-18(31)33-11-19(20,21)22/h3-11H2,1-2H3,(H,23,31)(H,25,29,30). The fraction of sp³-hybridized carbons (Fsp3) is 0.632. The molecule has 2 aromatic heterocycles. The highest BCUT2D eigenvalue weighted by Gasteiger charge is 2.29. The molecule has 0 unspecified atom stereocenters. The molecule has 0 aliphatic carbocycles. The lowest BCUT2D eigenvalue weighted by molar-refractivity contribution is -0.160. The summed E-state index contributed by atoms with van der Waals surface area (Å²) < 4.78 is 48.0. The quantitative estimate of drug-likeness (QED) is 0.471. The number of aromatic amines is 1. The lowest BCUT2D eigenvalue weighted by Gasteiger charge is -2.10. The Morgan fingerprint density at radius 2 is 1.82 bits per heavy atom. The number of nitrogens with zero attached hydrogens (tertiary/aromatic N) is 3. The number of H-pyrrole nitrogens is 1. The molecule has 14 heteroatoms. The number of amides is 1.